The van der Waals surface area contributed by atoms with Crippen molar-refractivity contribution in [2.24, 2.45) is 0 Å². The normalized spacial score (nSPS) is 12.1. The molecule has 4 heteroatoms. The first-order valence-corrected chi connectivity index (χ1v) is 9.39. The lowest BCUT2D eigenvalue weighted by atomic mass is 9.97. The Bertz CT molecular complexity index is 968. The van der Waals surface area contributed by atoms with Crippen molar-refractivity contribution in [3.8, 4) is 0 Å². The van der Waals surface area contributed by atoms with E-state index in [4.69, 9.17) is 0 Å². The zero-order valence-electron chi connectivity index (χ0n) is 16.1. The highest BCUT2D eigenvalue weighted by Gasteiger charge is 2.16. The van der Waals surface area contributed by atoms with Gasteiger partial charge in [-0.15, -0.1) is 0 Å². The smallest absolute Gasteiger partial charge is 0.253 e. The van der Waals surface area contributed by atoms with Crippen molar-refractivity contribution in [2.75, 3.05) is 0 Å². The molecule has 0 saturated carbocycles. The summed E-state index contributed by atoms with van der Waals surface area (Å²) in [7, 11) is 0. The van der Waals surface area contributed by atoms with Gasteiger partial charge >= 0.3 is 0 Å². The maximum atomic E-state index is 13.8. The Hall–Kier alpha value is -2.75. The number of para-hydroxylation sites is 1. The summed E-state index contributed by atoms with van der Waals surface area (Å²) < 4.78 is 13.8. The Balaban J connectivity index is 1.78. The molecule has 140 valence electrons. The van der Waals surface area contributed by atoms with Crippen LogP contribution in [0.4, 0.5) is 4.39 Å². The van der Waals surface area contributed by atoms with Crippen LogP contribution in [0.2, 0.25) is 0 Å². The van der Waals surface area contributed by atoms with Crippen molar-refractivity contribution in [3.05, 3.63) is 76.7 Å². The predicted octanol–water partition coefficient (Wildman–Crippen LogP) is 5.13. The second kappa shape index (κ2) is 8.30. The molecule has 0 aliphatic heterocycles. The van der Waals surface area contributed by atoms with E-state index < -0.39 is 0 Å². The molecule has 0 spiro atoms. The van der Waals surface area contributed by atoms with Crippen molar-refractivity contribution in [1.82, 2.24) is 10.3 Å². The summed E-state index contributed by atoms with van der Waals surface area (Å²) in [5.74, 6) is -0.546. The van der Waals surface area contributed by atoms with Gasteiger partial charge in [0.15, 0.2) is 0 Å². The van der Waals surface area contributed by atoms with Crippen molar-refractivity contribution in [1.29, 1.82) is 0 Å². The number of benzene rings is 2. The summed E-state index contributed by atoms with van der Waals surface area (Å²) in [5.41, 5.74) is 4.47. The molecule has 0 aliphatic carbocycles. The molecule has 27 heavy (non-hydrogen) atoms. The average molecular weight is 364 g/mol. The summed E-state index contributed by atoms with van der Waals surface area (Å²) >= 11 is 0. The molecule has 1 amide bonds. The standard InChI is InChI=1S/C23H25FN2O/c1-4-6-20(13-17-10-9-15(2)11-16(17)3)26-23(27)19-12-18-7-5-8-21(24)22(18)25-14-19/h5,7-12,14,20H,4,6,13H2,1-3H3,(H,26,27)/t20-/m0/s1. The van der Waals surface area contributed by atoms with Gasteiger partial charge in [-0.05, 0) is 49.9 Å². The topological polar surface area (TPSA) is 42.0 Å². The molecule has 3 aromatic rings. The van der Waals surface area contributed by atoms with Gasteiger partial charge in [-0.3, -0.25) is 9.78 Å². The van der Waals surface area contributed by atoms with E-state index in [-0.39, 0.29) is 23.3 Å². The van der Waals surface area contributed by atoms with Crippen molar-refractivity contribution < 1.29 is 9.18 Å². The number of hydrogen-bond donors (Lipinski definition) is 1. The van der Waals surface area contributed by atoms with Crippen LogP contribution in [-0.4, -0.2) is 16.9 Å². The number of halogens is 1. The number of aromatic nitrogens is 1. The minimum atomic E-state index is -0.377. The predicted molar refractivity (Wildman–Crippen MR) is 107 cm³/mol. The van der Waals surface area contributed by atoms with Gasteiger partial charge in [-0.1, -0.05) is 49.2 Å². The van der Waals surface area contributed by atoms with Gasteiger partial charge in [0.2, 0.25) is 0 Å². The third-order valence-electron chi connectivity index (χ3n) is 4.86. The van der Waals surface area contributed by atoms with Crippen LogP contribution in [0.15, 0.2) is 48.7 Å². The number of aryl methyl sites for hydroxylation is 2. The molecule has 1 N–H and O–H groups in total. The molecule has 2 aromatic carbocycles. The van der Waals surface area contributed by atoms with E-state index in [1.165, 1.54) is 29.0 Å². The number of carbonyl (C=O) groups is 1. The lowest BCUT2D eigenvalue weighted by Crippen LogP contribution is -2.36. The van der Waals surface area contributed by atoms with E-state index in [2.05, 4.69) is 49.3 Å². The Kier molecular flexibility index (Phi) is 5.84. The molecule has 3 nitrogen and oxygen atoms in total. The molecule has 3 rings (SSSR count). The van der Waals surface area contributed by atoms with Gasteiger partial charge in [0.05, 0.1) is 5.56 Å². The van der Waals surface area contributed by atoms with E-state index in [9.17, 15) is 9.18 Å². The fourth-order valence-corrected chi connectivity index (χ4v) is 3.43. The van der Waals surface area contributed by atoms with Crippen molar-refractivity contribution in [2.45, 2.75) is 46.1 Å². The third kappa shape index (κ3) is 4.51. The van der Waals surface area contributed by atoms with Gasteiger partial charge in [0.1, 0.15) is 11.3 Å². The molecule has 0 saturated heterocycles. The molecule has 1 atom stereocenters. The number of rotatable bonds is 6. The summed E-state index contributed by atoms with van der Waals surface area (Å²) in [6, 6.07) is 12.9. The van der Waals surface area contributed by atoms with E-state index >= 15 is 0 Å². The minimum Gasteiger partial charge on any atom is -0.349 e. The van der Waals surface area contributed by atoms with Crippen molar-refractivity contribution >= 4 is 16.8 Å². The Morgan fingerprint density at radius 3 is 2.74 bits per heavy atom. The first-order chi connectivity index (χ1) is 13.0. The molecule has 1 aromatic heterocycles. The molecule has 0 radical (unpaired) electrons. The number of hydrogen-bond acceptors (Lipinski definition) is 2. The van der Waals surface area contributed by atoms with Gasteiger partial charge < -0.3 is 5.32 Å². The maximum Gasteiger partial charge on any atom is 0.253 e. The average Bonchev–Trinajstić information content (AvgIpc) is 2.64. The molecular formula is C23H25FN2O. The lowest BCUT2D eigenvalue weighted by Gasteiger charge is -2.20. The zero-order chi connectivity index (χ0) is 19.4. The number of amides is 1. The SMILES string of the molecule is CCC[C@@H](Cc1ccc(C)cc1C)NC(=O)c1cnc2c(F)cccc2c1. The Labute approximate surface area is 159 Å². The quantitative estimate of drug-likeness (QED) is 0.659. The molecule has 0 bridgehead atoms. The number of carbonyl (C=O) groups excluding carboxylic acids is 1. The van der Waals surface area contributed by atoms with E-state index in [0.717, 1.165) is 19.3 Å². The Morgan fingerprint density at radius 2 is 2.00 bits per heavy atom. The summed E-state index contributed by atoms with van der Waals surface area (Å²) in [5, 5.41) is 3.76. The van der Waals surface area contributed by atoms with Crippen LogP contribution in [0.5, 0.6) is 0 Å². The van der Waals surface area contributed by atoms with Crippen LogP contribution in [-0.2, 0) is 6.42 Å². The zero-order valence-corrected chi connectivity index (χ0v) is 16.1. The monoisotopic (exact) mass is 364 g/mol. The van der Waals surface area contributed by atoms with Crippen LogP contribution in [0.25, 0.3) is 10.9 Å². The first-order valence-electron chi connectivity index (χ1n) is 9.39. The summed E-state index contributed by atoms with van der Waals surface area (Å²) in [6.07, 6.45) is 4.12. The fourth-order valence-electron chi connectivity index (χ4n) is 3.43. The lowest BCUT2D eigenvalue weighted by molar-refractivity contribution is 0.0934. The summed E-state index contributed by atoms with van der Waals surface area (Å²) in [4.78, 5) is 16.9. The molecule has 0 aliphatic rings. The first kappa shape index (κ1) is 19.0. The van der Waals surface area contributed by atoms with Crippen molar-refractivity contribution in [3.63, 3.8) is 0 Å². The second-order valence-corrected chi connectivity index (χ2v) is 7.13. The highest BCUT2D eigenvalue weighted by atomic mass is 19.1. The number of pyridine rings is 1. The van der Waals surface area contributed by atoms with Crippen LogP contribution >= 0.6 is 0 Å². The highest BCUT2D eigenvalue weighted by Crippen LogP contribution is 2.18. The highest BCUT2D eigenvalue weighted by molar-refractivity contribution is 5.97. The second-order valence-electron chi connectivity index (χ2n) is 7.13. The third-order valence-corrected chi connectivity index (χ3v) is 4.86. The minimum absolute atomic E-state index is 0.0483. The Morgan fingerprint density at radius 1 is 1.19 bits per heavy atom. The van der Waals surface area contributed by atoms with Crippen LogP contribution in [0.3, 0.4) is 0 Å². The van der Waals surface area contributed by atoms with Gasteiger partial charge in [-0.25, -0.2) is 4.39 Å². The number of nitrogens with zero attached hydrogens (tertiary/aromatic N) is 1. The largest absolute Gasteiger partial charge is 0.349 e. The summed E-state index contributed by atoms with van der Waals surface area (Å²) in [6.45, 7) is 6.30. The van der Waals surface area contributed by atoms with E-state index in [1.807, 2.05) is 0 Å². The molecule has 1 heterocycles. The molecule has 0 fully saturated rings. The molecular weight excluding hydrogens is 339 g/mol. The van der Waals surface area contributed by atoms with E-state index in [1.54, 1.807) is 18.2 Å². The number of fused-ring (bicyclic) bond motifs is 1. The van der Waals surface area contributed by atoms with Gasteiger partial charge in [-0.2, -0.15) is 0 Å². The number of nitrogens with one attached hydrogen (secondary N) is 1. The molecule has 0 unspecified atom stereocenters. The van der Waals surface area contributed by atoms with Gasteiger partial charge in [0, 0.05) is 17.6 Å². The van der Waals surface area contributed by atoms with E-state index in [0.29, 0.717) is 10.9 Å². The van der Waals surface area contributed by atoms with Gasteiger partial charge in [0.25, 0.3) is 5.91 Å². The van der Waals surface area contributed by atoms with Crippen LogP contribution in [0.1, 0.15) is 46.8 Å². The van der Waals surface area contributed by atoms with Crippen LogP contribution < -0.4 is 5.32 Å². The van der Waals surface area contributed by atoms with Crippen LogP contribution in [0, 0.1) is 19.7 Å². The maximum absolute atomic E-state index is 13.8. The fraction of sp³-hybridized carbons (Fsp3) is 0.304.